The average Bonchev–Trinajstić information content (AvgIpc) is 2.85. The molecule has 1 heterocycles. The summed E-state index contributed by atoms with van der Waals surface area (Å²) in [6.45, 7) is -0.284. The topological polar surface area (TPSA) is 104 Å². The van der Waals surface area contributed by atoms with Crippen LogP contribution in [0.25, 0.3) is 0 Å². The van der Waals surface area contributed by atoms with Crippen molar-refractivity contribution in [2.24, 2.45) is 0 Å². The fourth-order valence-corrected chi connectivity index (χ4v) is 2.60. The number of rotatable bonds is 5. The summed E-state index contributed by atoms with van der Waals surface area (Å²) in [5.74, 6) is -2.55. The molecule has 7 nitrogen and oxygen atoms in total. The molecule has 1 aliphatic heterocycles. The highest BCUT2D eigenvalue weighted by Crippen LogP contribution is 2.21. The molecule has 0 fully saturated rings. The fraction of sp³-hybridized carbons (Fsp3) is 0.111. The van der Waals surface area contributed by atoms with Crippen LogP contribution in [0.1, 0.15) is 36.6 Å². The number of carboxylic acids is 1. The van der Waals surface area contributed by atoms with Crippen LogP contribution in [0.2, 0.25) is 0 Å². The zero-order valence-electron chi connectivity index (χ0n) is 13.1. The van der Waals surface area contributed by atoms with Crippen LogP contribution in [0.3, 0.4) is 0 Å². The summed E-state index contributed by atoms with van der Waals surface area (Å²) in [5, 5.41) is 11.5. The molecular weight excluding hydrogens is 324 g/mol. The Morgan fingerprint density at radius 2 is 1.60 bits per heavy atom. The van der Waals surface area contributed by atoms with Gasteiger partial charge in [0.1, 0.15) is 6.54 Å². The first-order valence-electron chi connectivity index (χ1n) is 7.51. The molecule has 2 aromatic rings. The van der Waals surface area contributed by atoms with E-state index in [2.05, 4.69) is 5.32 Å². The third-order valence-electron chi connectivity index (χ3n) is 3.84. The standard InChI is InChI=1S/C18H14N2O5/c21-15(19-9-11-4-3-5-12(8-11)18(24)25)10-20-16(22)13-6-1-2-7-14(13)17(20)23/h1-8H,9-10H2,(H,19,21)(H,24,25). The summed E-state index contributed by atoms with van der Waals surface area (Å²) >= 11 is 0. The third kappa shape index (κ3) is 3.25. The highest BCUT2D eigenvalue weighted by atomic mass is 16.4. The Kier molecular flexibility index (Phi) is 4.30. The molecule has 3 amide bonds. The number of hydrogen-bond donors (Lipinski definition) is 2. The highest BCUT2D eigenvalue weighted by molar-refractivity contribution is 6.22. The van der Waals surface area contributed by atoms with Crippen molar-refractivity contribution in [3.8, 4) is 0 Å². The van der Waals surface area contributed by atoms with E-state index >= 15 is 0 Å². The first-order chi connectivity index (χ1) is 12.0. The molecular formula is C18H14N2O5. The van der Waals surface area contributed by atoms with E-state index in [1.807, 2.05) is 0 Å². The molecule has 0 bridgehead atoms. The lowest BCUT2D eigenvalue weighted by Gasteiger charge is -2.13. The van der Waals surface area contributed by atoms with Crippen LogP contribution in [-0.4, -0.2) is 40.2 Å². The van der Waals surface area contributed by atoms with E-state index < -0.39 is 23.7 Å². The lowest BCUT2D eigenvalue weighted by atomic mass is 10.1. The van der Waals surface area contributed by atoms with Crippen LogP contribution in [-0.2, 0) is 11.3 Å². The number of aromatic carboxylic acids is 1. The van der Waals surface area contributed by atoms with E-state index in [4.69, 9.17) is 5.11 Å². The molecule has 0 unspecified atom stereocenters. The van der Waals surface area contributed by atoms with Crippen LogP contribution in [0.5, 0.6) is 0 Å². The summed E-state index contributed by atoms with van der Waals surface area (Å²) < 4.78 is 0. The van der Waals surface area contributed by atoms with E-state index in [0.717, 1.165) is 4.90 Å². The highest BCUT2D eigenvalue weighted by Gasteiger charge is 2.36. The zero-order valence-corrected chi connectivity index (χ0v) is 13.1. The lowest BCUT2D eigenvalue weighted by molar-refractivity contribution is -0.121. The van der Waals surface area contributed by atoms with Gasteiger partial charge in [-0.15, -0.1) is 0 Å². The number of carboxylic acid groups (broad SMARTS) is 1. The van der Waals surface area contributed by atoms with Gasteiger partial charge in [-0.2, -0.15) is 0 Å². The van der Waals surface area contributed by atoms with Crippen molar-refractivity contribution in [2.45, 2.75) is 6.54 Å². The Balaban J connectivity index is 1.62. The summed E-state index contributed by atoms with van der Waals surface area (Å²) in [6.07, 6.45) is 0. The van der Waals surface area contributed by atoms with E-state index in [0.29, 0.717) is 5.56 Å². The van der Waals surface area contributed by atoms with E-state index in [-0.39, 0.29) is 29.8 Å². The van der Waals surface area contributed by atoms with Crippen molar-refractivity contribution >= 4 is 23.7 Å². The van der Waals surface area contributed by atoms with E-state index in [1.54, 1.807) is 36.4 Å². The number of carbonyl (C=O) groups is 4. The number of fused-ring (bicyclic) bond motifs is 1. The number of amides is 3. The zero-order chi connectivity index (χ0) is 18.0. The predicted octanol–water partition coefficient (Wildman–Crippen LogP) is 1.30. The summed E-state index contributed by atoms with van der Waals surface area (Å²) in [4.78, 5) is 48.3. The van der Waals surface area contributed by atoms with Gasteiger partial charge < -0.3 is 10.4 Å². The molecule has 25 heavy (non-hydrogen) atoms. The van der Waals surface area contributed by atoms with Gasteiger partial charge in [-0.1, -0.05) is 24.3 Å². The second kappa shape index (κ2) is 6.56. The molecule has 0 spiro atoms. The van der Waals surface area contributed by atoms with Gasteiger partial charge in [0.05, 0.1) is 16.7 Å². The molecule has 0 atom stereocenters. The minimum atomic E-state index is -1.06. The van der Waals surface area contributed by atoms with Crippen molar-refractivity contribution in [1.82, 2.24) is 10.2 Å². The molecule has 2 aromatic carbocycles. The maximum atomic E-state index is 12.2. The SMILES string of the molecule is O=C(CN1C(=O)c2ccccc2C1=O)NCc1cccc(C(=O)O)c1. The summed E-state index contributed by atoms with van der Waals surface area (Å²) in [6, 6.07) is 12.6. The molecule has 3 rings (SSSR count). The molecule has 0 radical (unpaired) electrons. The number of imide groups is 1. The molecule has 0 aromatic heterocycles. The molecule has 0 aliphatic carbocycles. The van der Waals surface area contributed by atoms with Gasteiger partial charge in [-0.05, 0) is 29.8 Å². The second-order valence-corrected chi connectivity index (χ2v) is 5.52. The molecule has 2 N–H and O–H groups in total. The summed E-state index contributed by atoms with van der Waals surface area (Å²) in [5.41, 5.74) is 1.30. The Morgan fingerprint density at radius 3 is 2.20 bits per heavy atom. The van der Waals surface area contributed by atoms with Crippen molar-refractivity contribution < 1.29 is 24.3 Å². The van der Waals surface area contributed by atoms with Crippen molar-refractivity contribution in [3.63, 3.8) is 0 Å². The Bertz CT molecular complexity index is 856. The number of nitrogens with zero attached hydrogens (tertiary/aromatic N) is 1. The first kappa shape index (κ1) is 16.4. The fourth-order valence-electron chi connectivity index (χ4n) is 2.60. The number of hydrogen-bond acceptors (Lipinski definition) is 4. The minimum absolute atomic E-state index is 0.100. The van der Waals surface area contributed by atoms with Crippen LogP contribution in [0.4, 0.5) is 0 Å². The van der Waals surface area contributed by atoms with Gasteiger partial charge in [0.2, 0.25) is 5.91 Å². The van der Waals surface area contributed by atoms with Gasteiger partial charge in [-0.3, -0.25) is 19.3 Å². The number of carbonyl (C=O) groups excluding carboxylic acids is 3. The molecule has 1 aliphatic rings. The van der Waals surface area contributed by atoms with Crippen molar-refractivity contribution in [2.75, 3.05) is 6.54 Å². The van der Waals surface area contributed by atoms with E-state index in [9.17, 15) is 19.2 Å². The first-order valence-corrected chi connectivity index (χ1v) is 7.51. The molecule has 0 saturated carbocycles. The van der Waals surface area contributed by atoms with Gasteiger partial charge in [-0.25, -0.2) is 4.79 Å². The Hall–Kier alpha value is -3.48. The maximum absolute atomic E-state index is 12.2. The van der Waals surface area contributed by atoms with Crippen LogP contribution in [0.15, 0.2) is 48.5 Å². The van der Waals surface area contributed by atoms with Crippen LogP contribution < -0.4 is 5.32 Å². The lowest BCUT2D eigenvalue weighted by Crippen LogP contribution is -2.40. The van der Waals surface area contributed by atoms with Gasteiger partial charge in [0.15, 0.2) is 0 Å². The molecule has 126 valence electrons. The third-order valence-corrected chi connectivity index (χ3v) is 3.84. The smallest absolute Gasteiger partial charge is 0.335 e. The number of nitrogens with one attached hydrogen (secondary N) is 1. The monoisotopic (exact) mass is 338 g/mol. The van der Waals surface area contributed by atoms with Crippen molar-refractivity contribution in [3.05, 3.63) is 70.8 Å². The largest absolute Gasteiger partial charge is 0.478 e. The quantitative estimate of drug-likeness (QED) is 0.800. The molecule has 0 saturated heterocycles. The second-order valence-electron chi connectivity index (χ2n) is 5.52. The van der Waals surface area contributed by atoms with Gasteiger partial charge in [0, 0.05) is 6.54 Å². The van der Waals surface area contributed by atoms with Crippen LogP contribution in [0, 0.1) is 0 Å². The minimum Gasteiger partial charge on any atom is -0.478 e. The molecule has 7 heteroatoms. The van der Waals surface area contributed by atoms with Crippen LogP contribution >= 0.6 is 0 Å². The Morgan fingerprint density at radius 1 is 0.960 bits per heavy atom. The average molecular weight is 338 g/mol. The maximum Gasteiger partial charge on any atom is 0.335 e. The van der Waals surface area contributed by atoms with Gasteiger partial charge >= 0.3 is 5.97 Å². The summed E-state index contributed by atoms with van der Waals surface area (Å²) in [7, 11) is 0. The number of benzene rings is 2. The van der Waals surface area contributed by atoms with Crippen molar-refractivity contribution in [1.29, 1.82) is 0 Å². The van der Waals surface area contributed by atoms with Gasteiger partial charge in [0.25, 0.3) is 11.8 Å². The predicted molar refractivity (Wildman–Crippen MR) is 87.1 cm³/mol. The normalized spacial score (nSPS) is 12.9. The van der Waals surface area contributed by atoms with E-state index in [1.165, 1.54) is 12.1 Å². The Labute approximate surface area is 142 Å².